The molecule has 2 heterocycles. The number of hydrogen-bond acceptors (Lipinski definition) is 6. The van der Waals surface area contributed by atoms with Crippen molar-refractivity contribution in [3.05, 3.63) is 46.0 Å². The van der Waals surface area contributed by atoms with Gasteiger partial charge in [-0.3, -0.25) is 14.4 Å². The van der Waals surface area contributed by atoms with Gasteiger partial charge in [-0.2, -0.15) is 12.6 Å². The molecular weight excluding hydrogens is 418 g/mol. The van der Waals surface area contributed by atoms with Crippen molar-refractivity contribution in [2.75, 3.05) is 0 Å². The number of nitrogens with two attached hydrogens (primary N) is 1. The smallest absolute Gasteiger partial charge is 0.221 e. The van der Waals surface area contributed by atoms with Gasteiger partial charge in [0.15, 0.2) is 5.78 Å². The average molecular weight is 448 g/mol. The molecule has 1 aromatic rings. The van der Waals surface area contributed by atoms with Gasteiger partial charge < -0.3 is 11.1 Å². The van der Waals surface area contributed by atoms with Crippen LogP contribution < -0.4 is 11.1 Å². The van der Waals surface area contributed by atoms with Gasteiger partial charge >= 0.3 is 0 Å². The molecule has 1 aliphatic heterocycles. The van der Waals surface area contributed by atoms with Crippen molar-refractivity contribution >= 4 is 47.6 Å². The van der Waals surface area contributed by atoms with Crippen molar-refractivity contribution in [3.63, 3.8) is 0 Å². The van der Waals surface area contributed by atoms with Gasteiger partial charge in [-0.15, -0.1) is 11.3 Å². The highest BCUT2D eigenvalue weighted by molar-refractivity contribution is 7.81. The van der Waals surface area contributed by atoms with Gasteiger partial charge in [-0.25, -0.2) is 4.98 Å². The molecule has 162 valence electrons. The molecule has 3 atom stereocenters. The van der Waals surface area contributed by atoms with Gasteiger partial charge in [0.05, 0.1) is 11.7 Å². The number of ketones is 1. The Balaban J connectivity index is 2.32. The summed E-state index contributed by atoms with van der Waals surface area (Å²) >= 11 is 6.19. The molecule has 2 bridgehead atoms. The van der Waals surface area contributed by atoms with Gasteiger partial charge in [0, 0.05) is 28.9 Å². The Hall–Kier alpha value is -2.19. The first-order valence-electron chi connectivity index (χ1n) is 9.90. The van der Waals surface area contributed by atoms with E-state index in [1.807, 2.05) is 31.4 Å². The molecule has 0 fully saturated rings. The third kappa shape index (κ3) is 6.95. The van der Waals surface area contributed by atoms with E-state index in [-0.39, 0.29) is 24.2 Å². The third-order valence-electron chi connectivity index (χ3n) is 5.25. The Bertz CT molecular complexity index is 888. The second-order valence-electron chi connectivity index (χ2n) is 7.74. The number of allylic oxidation sites excluding steroid dienone is 5. The van der Waals surface area contributed by atoms with Gasteiger partial charge in [-0.05, 0) is 38.8 Å². The minimum atomic E-state index is -0.892. The van der Waals surface area contributed by atoms with E-state index in [0.29, 0.717) is 19.3 Å². The molecule has 2 rings (SSSR count). The van der Waals surface area contributed by atoms with Crippen molar-refractivity contribution < 1.29 is 14.4 Å². The van der Waals surface area contributed by atoms with Crippen molar-refractivity contribution in [3.8, 4) is 0 Å². The van der Waals surface area contributed by atoms with E-state index in [1.165, 1.54) is 17.4 Å². The number of carbonyl (C=O) groups is 3. The number of amides is 2. The number of hydrogen-bond donors (Lipinski definition) is 3. The fourth-order valence-corrected chi connectivity index (χ4v) is 4.28. The van der Waals surface area contributed by atoms with Crippen molar-refractivity contribution in [2.24, 2.45) is 11.7 Å². The molecule has 0 aliphatic carbocycles. The lowest BCUT2D eigenvalue weighted by Gasteiger charge is -2.33. The van der Waals surface area contributed by atoms with Crippen molar-refractivity contribution in [2.45, 2.75) is 57.2 Å². The second kappa shape index (κ2) is 10.7. The first-order valence-corrected chi connectivity index (χ1v) is 11.2. The van der Waals surface area contributed by atoms with Gasteiger partial charge in [-0.1, -0.05) is 30.7 Å². The lowest BCUT2D eigenvalue weighted by molar-refractivity contribution is -0.125. The number of carbonyl (C=O) groups excluding carboxylic acids is 3. The minimum Gasteiger partial charge on any atom is -0.369 e. The van der Waals surface area contributed by atoms with E-state index in [4.69, 9.17) is 18.4 Å². The van der Waals surface area contributed by atoms with Crippen LogP contribution in [0.3, 0.4) is 0 Å². The molecule has 30 heavy (non-hydrogen) atoms. The average Bonchev–Trinajstić information content (AvgIpc) is 3.15. The number of thiazole rings is 1. The highest BCUT2D eigenvalue weighted by atomic mass is 32.1. The molecule has 1 aliphatic rings. The van der Waals surface area contributed by atoms with E-state index in [2.05, 4.69) is 10.3 Å². The number of nitrogens with one attached hydrogen (secondary N) is 1. The summed E-state index contributed by atoms with van der Waals surface area (Å²) in [6, 6.07) is -0.274. The molecule has 6 nitrogen and oxygen atoms in total. The molecule has 2 unspecified atom stereocenters. The van der Waals surface area contributed by atoms with Crippen LogP contribution in [0, 0.1) is 5.92 Å². The number of fused-ring (bicyclic) bond motifs is 2. The van der Waals surface area contributed by atoms with Crippen molar-refractivity contribution in [1.82, 2.24) is 10.3 Å². The normalized spacial score (nSPS) is 28.9. The Morgan fingerprint density at radius 3 is 2.77 bits per heavy atom. The fraction of sp³-hybridized carbons (Fsp3) is 0.455. The van der Waals surface area contributed by atoms with Crippen LogP contribution in [0.2, 0.25) is 0 Å². The van der Waals surface area contributed by atoms with Crippen molar-refractivity contribution in [1.29, 1.82) is 0 Å². The molecule has 1 aromatic heterocycles. The van der Waals surface area contributed by atoms with Crippen LogP contribution in [0.4, 0.5) is 0 Å². The van der Waals surface area contributed by atoms with E-state index in [1.54, 1.807) is 19.1 Å². The summed E-state index contributed by atoms with van der Waals surface area (Å²) in [7, 11) is 0. The van der Waals surface area contributed by atoms with Crippen LogP contribution >= 0.6 is 24.0 Å². The zero-order valence-corrected chi connectivity index (χ0v) is 19.3. The minimum absolute atomic E-state index is 0.00489. The zero-order valence-electron chi connectivity index (χ0n) is 17.6. The largest absolute Gasteiger partial charge is 0.369 e. The zero-order chi connectivity index (χ0) is 22.3. The highest BCUT2D eigenvalue weighted by Crippen LogP contribution is 2.35. The number of rotatable bonds is 2. The first kappa shape index (κ1) is 24.1. The number of thiol groups is 1. The summed E-state index contributed by atoms with van der Waals surface area (Å²) in [5.74, 6) is -1.30. The Morgan fingerprint density at radius 2 is 2.07 bits per heavy atom. The summed E-state index contributed by atoms with van der Waals surface area (Å²) in [5.41, 5.74) is 7.30. The van der Waals surface area contributed by atoms with E-state index >= 15 is 0 Å². The Labute approximate surface area is 187 Å². The molecule has 0 radical (unpaired) electrons. The summed E-state index contributed by atoms with van der Waals surface area (Å²) in [4.78, 5) is 41.2. The molecule has 0 spiro atoms. The van der Waals surface area contributed by atoms with Gasteiger partial charge in [0.25, 0.3) is 0 Å². The summed E-state index contributed by atoms with van der Waals surface area (Å²) in [6.45, 7) is 5.50. The van der Waals surface area contributed by atoms with Crippen LogP contribution in [0.15, 0.2) is 35.3 Å². The third-order valence-corrected chi connectivity index (χ3v) is 7.07. The molecule has 3 N–H and O–H groups in total. The molecule has 2 amide bonds. The molecular formula is C22H29N3O3S2. The highest BCUT2D eigenvalue weighted by Gasteiger charge is 2.38. The standard InChI is InChI=1S/C22H29N3O3S2/c1-14-8-9-18(26)7-5-4-6-17-13-30-21(25-17)16(3)24-19(27)12-22(29,11-10-14)15(2)20(23)28/h4-8,13,15-16,29H,9-12H2,1-3H3,(H2,23,28)(H,24,27)/b6-4-,7-5+,14-8+/t15?,16?,22-/m1/s1. The van der Waals surface area contributed by atoms with Crippen LogP contribution in [0.25, 0.3) is 6.08 Å². The van der Waals surface area contributed by atoms with E-state index in [9.17, 15) is 14.4 Å². The monoisotopic (exact) mass is 447 g/mol. The summed E-state index contributed by atoms with van der Waals surface area (Å²) in [5, 5.41) is 5.62. The fourth-order valence-electron chi connectivity index (χ4n) is 3.11. The lowest BCUT2D eigenvalue weighted by atomic mass is 9.83. The predicted octanol–water partition coefficient (Wildman–Crippen LogP) is 3.77. The van der Waals surface area contributed by atoms with E-state index < -0.39 is 16.6 Å². The van der Waals surface area contributed by atoms with Gasteiger partial charge in [0.1, 0.15) is 5.01 Å². The molecule has 0 saturated carbocycles. The number of primary amides is 1. The molecule has 0 saturated heterocycles. The first-order chi connectivity index (χ1) is 14.1. The second-order valence-corrected chi connectivity index (χ2v) is 9.52. The maximum absolute atomic E-state index is 12.8. The quantitative estimate of drug-likeness (QED) is 0.474. The number of nitrogens with zero attached hydrogens (tertiary/aromatic N) is 1. The molecule has 0 aromatic carbocycles. The maximum Gasteiger partial charge on any atom is 0.221 e. The summed E-state index contributed by atoms with van der Waals surface area (Å²) < 4.78 is -0.892. The molecule has 8 heteroatoms. The number of aromatic nitrogens is 1. The predicted molar refractivity (Wildman–Crippen MR) is 124 cm³/mol. The lowest BCUT2D eigenvalue weighted by Crippen LogP contribution is -2.43. The topological polar surface area (TPSA) is 102 Å². The Kier molecular flexibility index (Phi) is 8.61. The van der Waals surface area contributed by atoms with Crippen LogP contribution in [0.5, 0.6) is 0 Å². The summed E-state index contributed by atoms with van der Waals surface area (Å²) in [6.07, 6.45) is 10.1. The van der Waals surface area contributed by atoms with E-state index in [0.717, 1.165) is 16.3 Å². The van der Waals surface area contributed by atoms with Crippen LogP contribution in [0.1, 0.15) is 63.2 Å². The SMILES string of the molecule is C/C1=C\CC(=O)/C=C/C=C\c2csc(n2)C(C)NC(=O)C[C@@](S)(C(C)C(N)=O)CC1. The van der Waals surface area contributed by atoms with Crippen LogP contribution in [-0.4, -0.2) is 27.3 Å². The maximum atomic E-state index is 12.8. The van der Waals surface area contributed by atoms with Crippen LogP contribution in [-0.2, 0) is 14.4 Å². The Morgan fingerprint density at radius 1 is 1.37 bits per heavy atom. The van der Waals surface area contributed by atoms with Gasteiger partial charge in [0.2, 0.25) is 11.8 Å².